The average molecular weight is 261 g/mol. The normalized spacial score (nSPS) is 17.2. The molecule has 1 aromatic carbocycles. The van der Waals surface area contributed by atoms with Gasteiger partial charge in [0, 0.05) is 37.4 Å². The van der Waals surface area contributed by atoms with Gasteiger partial charge >= 0.3 is 0 Å². The van der Waals surface area contributed by atoms with Gasteiger partial charge in [-0.1, -0.05) is 12.8 Å². The largest absolute Gasteiger partial charge is 0.378 e. The molecule has 104 valence electrons. The predicted molar refractivity (Wildman–Crippen MR) is 79.4 cm³/mol. The van der Waals surface area contributed by atoms with Crippen LogP contribution in [0.25, 0.3) is 0 Å². The third-order valence-corrected chi connectivity index (χ3v) is 3.78. The van der Waals surface area contributed by atoms with Crippen molar-refractivity contribution in [3.8, 4) is 0 Å². The summed E-state index contributed by atoms with van der Waals surface area (Å²) in [6, 6.07) is 7.82. The van der Waals surface area contributed by atoms with E-state index in [0.29, 0.717) is 6.42 Å². The standard InChI is InChI=1S/C15H23N3O/c1-18(2)13-7-5-12(6-8-13)17-14(19)11-15(16)9-3-4-10-15/h5-8H,3-4,9-11,16H2,1-2H3,(H,17,19). The molecule has 1 aliphatic rings. The molecule has 0 bridgehead atoms. The van der Waals surface area contributed by atoms with E-state index in [0.717, 1.165) is 37.1 Å². The maximum absolute atomic E-state index is 12.0. The Morgan fingerprint density at radius 1 is 1.26 bits per heavy atom. The van der Waals surface area contributed by atoms with Crippen LogP contribution in [0.2, 0.25) is 0 Å². The Kier molecular flexibility index (Phi) is 4.10. The van der Waals surface area contributed by atoms with Gasteiger partial charge in [-0.05, 0) is 37.1 Å². The Labute approximate surface area is 115 Å². The number of nitrogens with zero attached hydrogens (tertiary/aromatic N) is 1. The Morgan fingerprint density at radius 2 is 1.84 bits per heavy atom. The predicted octanol–water partition coefficient (Wildman–Crippen LogP) is 2.35. The number of carbonyl (C=O) groups excluding carboxylic acids is 1. The van der Waals surface area contributed by atoms with Crippen molar-refractivity contribution in [3.05, 3.63) is 24.3 Å². The number of benzene rings is 1. The Balaban J connectivity index is 1.91. The molecule has 0 atom stereocenters. The maximum atomic E-state index is 12.0. The minimum Gasteiger partial charge on any atom is -0.378 e. The van der Waals surface area contributed by atoms with Crippen LogP contribution in [0.15, 0.2) is 24.3 Å². The quantitative estimate of drug-likeness (QED) is 0.874. The minimum absolute atomic E-state index is 0.0157. The summed E-state index contributed by atoms with van der Waals surface area (Å²) >= 11 is 0. The SMILES string of the molecule is CN(C)c1ccc(NC(=O)CC2(N)CCCC2)cc1. The van der Waals surface area contributed by atoms with Crippen LogP contribution in [0.4, 0.5) is 11.4 Å². The second-order valence-corrected chi connectivity index (χ2v) is 5.74. The Morgan fingerprint density at radius 3 is 2.37 bits per heavy atom. The van der Waals surface area contributed by atoms with Gasteiger partial charge in [0.05, 0.1) is 0 Å². The highest BCUT2D eigenvalue weighted by Gasteiger charge is 2.31. The Hall–Kier alpha value is -1.55. The molecule has 1 saturated carbocycles. The lowest BCUT2D eigenvalue weighted by molar-refractivity contribution is -0.117. The monoisotopic (exact) mass is 261 g/mol. The van der Waals surface area contributed by atoms with Crippen LogP contribution in [0.3, 0.4) is 0 Å². The van der Waals surface area contributed by atoms with Crippen LogP contribution in [-0.4, -0.2) is 25.5 Å². The summed E-state index contributed by atoms with van der Waals surface area (Å²) in [6.07, 6.45) is 4.62. The fourth-order valence-electron chi connectivity index (χ4n) is 2.62. The first-order valence-electron chi connectivity index (χ1n) is 6.85. The molecule has 1 aliphatic carbocycles. The molecule has 0 aliphatic heterocycles. The second kappa shape index (κ2) is 5.61. The van der Waals surface area contributed by atoms with Gasteiger partial charge in [-0.15, -0.1) is 0 Å². The third kappa shape index (κ3) is 3.70. The van der Waals surface area contributed by atoms with E-state index < -0.39 is 0 Å². The molecule has 0 saturated heterocycles. The lowest BCUT2D eigenvalue weighted by Gasteiger charge is -2.22. The summed E-state index contributed by atoms with van der Waals surface area (Å²) in [6.45, 7) is 0. The molecule has 4 heteroatoms. The molecule has 1 amide bonds. The van der Waals surface area contributed by atoms with Gasteiger partial charge in [-0.25, -0.2) is 0 Å². The highest BCUT2D eigenvalue weighted by atomic mass is 16.1. The summed E-state index contributed by atoms with van der Waals surface area (Å²) < 4.78 is 0. The van der Waals surface area contributed by atoms with Gasteiger partial charge in [-0.2, -0.15) is 0 Å². The lowest BCUT2D eigenvalue weighted by Crippen LogP contribution is -2.40. The first kappa shape index (κ1) is 13.9. The summed E-state index contributed by atoms with van der Waals surface area (Å²) in [5, 5.41) is 2.92. The molecule has 0 spiro atoms. The molecule has 4 nitrogen and oxygen atoms in total. The summed E-state index contributed by atoms with van der Waals surface area (Å²) in [7, 11) is 3.98. The van der Waals surface area contributed by atoms with Crippen LogP contribution < -0.4 is 16.0 Å². The number of anilines is 2. The van der Waals surface area contributed by atoms with Crippen molar-refractivity contribution in [2.45, 2.75) is 37.6 Å². The average Bonchev–Trinajstić information content (AvgIpc) is 2.76. The summed E-state index contributed by atoms with van der Waals surface area (Å²) in [4.78, 5) is 14.0. The highest BCUT2D eigenvalue weighted by molar-refractivity contribution is 5.91. The van der Waals surface area contributed by atoms with Crippen LogP contribution in [-0.2, 0) is 4.79 Å². The third-order valence-electron chi connectivity index (χ3n) is 3.78. The molecule has 0 aromatic heterocycles. The van der Waals surface area contributed by atoms with Crippen molar-refractivity contribution < 1.29 is 4.79 Å². The minimum atomic E-state index is -0.284. The topological polar surface area (TPSA) is 58.4 Å². The van der Waals surface area contributed by atoms with Crippen LogP contribution >= 0.6 is 0 Å². The molecule has 0 heterocycles. The number of amides is 1. The zero-order valence-corrected chi connectivity index (χ0v) is 11.8. The fraction of sp³-hybridized carbons (Fsp3) is 0.533. The molecular formula is C15H23N3O. The molecule has 1 fully saturated rings. The van der Waals surface area contributed by atoms with Gasteiger partial charge in [0.25, 0.3) is 0 Å². The van der Waals surface area contributed by atoms with Crippen molar-refractivity contribution in [1.29, 1.82) is 0 Å². The molecule has 0 radical (unpaired) electrons. The first-order valence-corrected chi connectivity index (χ1v) is 6.85. The van der Waals surface area contributed by atoms with Crippen LogP contribution in [0, 0.1) is 0 Å². The van der Waals surface area contributed by atoms with E-state index >= 15 is 0 Å². The van der Waals surface area contributed by atoms with E-state index in [1.165, 1.54) is 0 Å². The molecular weight excluding hydrogens is 238 g/mol. The maximum Gasteiger partial charge on any atom is 0.226 e. The number of hydrogen-bond donors (Lipinski definition) is 2. The van der Waals surface area contributed by atoms with Crippen molar-refractivity contribution in [3.63, 3.8) is 0 Å². The van der Waals surface area contributed by atoms with Gasteiger partial charge < -0.3 is 16.0 Å². The zero-order chi connectivity index (χ0) is 13.9. The van der Waals surface area contributed by atoms with E-state index in [1.807, 2.05) is 43.3 Å². The van der Waals surface area contributed by atoms with Crippen LogP contribution in [0.1, 0.15) is 32.1 Å². The van der Waals surface area contributed by atoms with E-state index in [-0.39, 0.29) is 11.4 Å². The highest BCUT2D eigenvalue weighted by Crippen LogP contribution is 2.30. The molecule has 2 rings (SSSR count). The van der Waals surface area contributed by atoms with E-state index in [2.05, 4.69) is 5.32 Å². The number of nitrogens with one attached hydrogen (secondary N) is 1. The first-order chi connectivity index (χ1) is 8.98. The van der Waals surface area contributed by atoms with Gasteiger partial charge in [0.15, 0.2) is 0 Å². The molecule has 3 N–H and O–H groups in total. The van der Waals surface area contributed by atoms with Crippen molar-refractivity contribution >= 4 is 17.3 Å². The number of carbonyl (C=O) groups is 1. The molecule has 19 heavy (non-hydrogen) atoms. The second-order valence-electron chi connectivity index (χ2n) is 5.74. The summed E-state index contributed by atoms with van der Waals surface area (Å²) in [5.41, 5.74) is 7.87. The fourth-order valence-corrected chi connectivity index (χ4v) is 2.62. The number of hydrogen-bond acceptors (Lipinski definition) is 3. The van der Waals surface area contributed by atoms with Crippen LogP contribution in [0.5, 0.6) is 0 Å². The van der Waals surface area contributed by atoms with Gasteiger partial charge in [0.2, 0.25) is 5.91 Å². The molecule has 1 aromatic rings. The summed E-state index contributed by atoms with van der Waals surface area (Å²) in [5.74, 6) is 0.0157. The lowest BCUT2D eigenvalue weighted by atomic mass is 9.94. The Bertz CT molecular complexity index is 433. The molecule has 0 unspecified atom stereocenters. The van der Waals surface area contributed by atoms with Crippen molar-refractivity contribution in [2.24, 2.45) is 5.73 Å². The van der Waals surface area contributed by atoms with Gasteiger partial charge in [0.1, 0.15) is 0 Å². The van der Waals surface area contributed by atoms with E-state index in [4.69, 9.17) is 5.73 Å². The van der Waals surface area contributed by atoms with Crippen molar-refractivity contribution in [2.75, 3.05) is 24.3 Å². The smallest absolute Gasteiger partial charge is 0.226 e. The van der Waals surface area contributed by atoms with E-state index in [9.17, 15) is 4.79 Å². The number of rotatable bonds is 4. The van der Waals surface area contributed by atoms with Crippen molar-refractivity contribution in [1.82, 2.24) is 0 Å². The van der Waals surface area contributed by atoms with Gasteiger partial charge in [-0.3, -0.25) is 4.79 Å². The zero-order valence-electron chi connectivity index (χ0n) is 11.8. The number of nitrogens with two attached hydrogens (primary N) is 1. The van der Waals surface area contributed by atoms with E-state index in [1.54, 1.807) is 0 Å².